The molecule has 0 atom stereocenters. The van der Waals surface area contributed by atoms with Crippen molar-refractivity contribution < 1.29 is 9.59 Å². The van der Waals surface area contributed by atoms with Crippen LogP contribution in [0.2, 0.25) is 0 Å². The van der Waals surface area contributed by atoms with E-state index < -0.39 is 0 Å². The average molecular weight is 459 g/mol. The van der Waals surface area contributed by atoms with E-state index in [0.29, 0.717) is 41.0 Å². The molecule has 0 saturated carbocycles. The van der Waals surface area contributed by atoms with Gasteiger partial charge in [0, 0.05) is 28.5 Å². The summed E-state index contributed by atoms with van der Waals surface area (Å²) in [4.78, 5) is 28.4. The summed E-state index contributed by atoms with van der Waals surface area (Å²) in [6, 6.07) is 26.4. The monoisotopic (exact) mass is 458 g/mol. The molecule has 0 bridgehead atoms. The van der Waals surface area contributed by atoms with Crippen LogP contribution in [0.3, 0.4) is 0 Å². The van der Waals surface area contributed by atoms with E-state index in [9.17, 15) is 9.59 Å². The van der Waals surface area contributed by atoms with Crippen molar-refractivity contribution in [3.05, 3.63) is 107 Å². The Morgan fingerprint density at radius 2 is 1.66 bits per heavy atom. The number of hydrogen-bond acceptors (Lipinski definition) is 4. The van der Waals surface area contributed by atoms with Crippen molar-refractivity contribution in [3.8, 4) is 17.3 Å². The quantitative estimate of drug-likeness (QED) is 0.292. The fourth-order valence-corrected chi connectivity index (χ4v) is 4.29. The van der Waals surface area contributed by atoms with E-state index in [4.69, 9.17) is 10.4 Å². The van der Waals surface area contributed by atoms with Crippen LogP contribution in [-0.2, 0) is 11.3 Å². The van der Waals surface area contributed by atoms with Crippen molar-refractivity contribution in [1.29, 1.82) is 5.26 Å². The molecule has 4 aromatic rings. The number of carbonyl (C=O) groups is 2. The fraction of sp³-hybridized carbons (Fsp3) is 0.103. The van der Waals surface area contributed by atoms with Crippen molar-refractivity contribution in [3.63, 3.8) is 0 Å². The molecule has 6 nitrogen and oxygen atoms in total. The minimum atomic E-state index is -0.386. The number of nitriles is 1. The molecule has 0 saturated heterocycles. The average Bonchev–Trinajstić information content (AvgIpc) is 3.28. The highest BCUT2D eigenvalue weighted by Crippen LogP contribution is 2.35. The number of nitrogens with zero attached hydrogens (tertiary/aromatic N) is 4. The molecule has 0 unspecified atom stereocenters. The van der Waals surface area contributed by atoms with E-state index in [1.165, 1.54) is 4.90 Å². The Morgan fingerprint density at radius 3 is 2.40 bits per heavy atom. The van der Waals surface area contributed by atoms with Gasteiger partial charge in [-0.25, -0.2) is 4.90 Å². The van der Waals surface area contributed by atoms with Gasteiger partial charge in [-0.3, -0.25) is 14.3 Å². The standard InChI is InChI=1S/C29H22N4O2/c1-20-9-7-12-23(17-20)33-28(34)25-14-6-5-13-24(25)26(29(33)35)18-22-19-32(16-8-15-30)31-27(22)21-10-3-2-4-11-21/h2-7,9-14,17-19H,8,16H2,1H3/b26-18-. The van der Waals surface area contributed by atoms with Gasteiger partial charge >= 0.3 is 0 Å². The summed E-state index contributed by atoms with van der Waals surface area (Å²) in [5, 5.41) is 13.7. The minimum absolute atomic E-state index is 0.323. The summed E-state index contributed by atoms with van der Waals surface area (Å²) in [5.74, 6) is -0.732. The van der Waals surface area contributed by atoms with E-state index in [1.807, 2.05) is 67.7 Å². The zero-order valence-corrected chi connectivity index (χ0v) is 19.2. The van der Waals surface area contributed by atoms with Gasteiger partial charge in [-0.2, -0.15) is 10.4 Å². The summed E-state index contributed by atoms with van der Waals surface area (Å²) < 4.78 is 1.72. The molecule has 0 spiro atoms. The molecule has 2 amide bonds. The Hall–Kier alpha value is -4.76. The molecule has 0 radical (unpaired) electrons. The summed E-state index contributed by atoms with van der Waals surface area (Å²) in [6.45, 7) is 2.37. The van der Waals surface area contributed by atoms with Gasteiger partial charge in [0.25, 0.3) is 11.8 Å². The molecule has 0 aliphatic carbocycles. The molecular formula is C29H22N4O2. The third kappa shape index (κ3) is 4.16. The van der Waals surface area contributed by atoms with Crippen LogP contribution in [0.15, 0.2) is 85.1 Å². The van der Waals surface area contributed by atoms with Gasteiger partial charge in [0.05, 0.1) is 30.4 Å². The van der Waals surface area contributed by atoms with Crippen molar-refractivity contribution in [1.82, 2.24) is 9.78 Å². The number of anilines is 1. The second-order valence-electron chi connectivity index (χ2n) is 8.36. The number of rotatable bonds is 5. The van der Waals surface area contributed by atoms with Crippen LogP contribution in [0, 0.1) is 18.3 Å². The predicted octanol–water partition coefficient (Wildman–Crippen LogP) is 5.50. The summed E-state index contributed by atoms with van der Waals surface area (Å²) in [7, 11) is 0. The van der Waals surface area contributed by atoms with Crippen molar-refractivity contribution in [2.45, 2.75) is 19.9 Å². The van der Waals surface area contributed by atoms with Crippen LogP contribution in [0.1, 0.15) is 33.5 Å². The van der Waals surface area contributed by atoms with E-state index in [1.54, 1.807) is 35.0 Å². The van der Waals surface area contributed by atoms with Gasteiger partial charge < -0.3 is 0 Å². The fourth-order valence-electron chi connectivity index (χ4n) is 4.29. The van der Waals surface area contributed by atoms with E-state index in [2.05, 4.69) is 6.07 Å². The first-order chi connectivity index (χ1) is 17.1. The SMILES string of the molecule is Cc1cccc(N2C(=O)/C(=C\c3cn(CCC#N)nc3-c3ccccc3)c3ccccc3C2=O)c1. The molecule has 6 heteroatoms. The Bertz CT molecular complexity index is 1510. The first-order valence-electron chi connectivity index (χ1n) is 11.3. The maximum Gasteiger partial charge on any atom is 0.265 e. The number of aromatic nitrogens is 2. The second-order valence-corrected chi connectivity index (χ2v) is 8.36. The number of hydrogen-bond donors (Lipinski definition) is 0. The lowest BCUT2D eigenvalue weighted by atomic mass is 9.91. The van der Waals surface area contributed by atoms with Gasteiger partial charge in [0.1, 0.15) is 0 Å². The number of amides is 2. The van der Waals surface area contributed by atoms with E-state index >= 15 is 0 Å². The maximum atomic E-state index is 13.8. The highest BCUT2D eigenvalue weighted by molar-refractivity contribution is 6.43. The Labute approximate surface area is 203 Å². The zero-order valence-electron chi connectivity index (χ0n) is 19.2. The third-order valence-electron chi connectivity index (χ3n) is 5.93. The summed E-state index contributed by atoms with van der Waals surface area (Å²) in [6.07, 6.45) is 3.97. The first-order valence-corrected chi connectivity index (χ1v) is 11.3. The largest absolute Gasteiger partial charge is 0.270 e. The molecule has 3 aromatic carbocycles. The topological polar surface area (TPSA) is 79.0 Å². The van der Waals surface area contributed by atoms with Gasteiger partial charge in [0.2, 0.25) is 0 Å². The summed E-state index contributed by atoms with van der Waals surface area (Å²) >= 11 is 0. The molecule has 170 valence electrons. The molecule has 0 fully saturated rings. The lowest BCUT2D eigenvalue weighted by Crippen LogP contribution is -2.41. The molecule has 1 aromatic heterocycles. The van der Waals surface area contributed by atoms with Crippen LogP contribution < -0.4 is 4.90 Å². The number of fused-ring (bicyclic) bond motifs is 1. The Balaban J connectivity index is 1.69. The van der Waals surface area contributed by atoms with Crippen molar-refractivity contribution >= 4 is 29.2 Å². The van der Waals surface area contributed by atoms with Crippen molar-refractivity contribution in [2.75, 3.05) is 4.90 Å². The molecule has 0 N–H and O–H groups in total. The highest BCUT2D eigenvalue weighted by atomic mass is 16.2. The molecule has 1 aliphatic heterocycles. The van der Waals surface area contributed by atoms with Crippen LogP contribution in [0.5, 0.6) is 0 Å². The normalized spacial score (nSPS) is 14.2. The minimum Gasteiger partial charge on any atom is -0.270 e. The number of imide groups is 1. The van der Waals surface area contributed by atoms with Gasteiger partial charge in [-0.15, -0.1) is 0 Å². The molecular weight excluding hydrogens is 436 g/mol. The lowest BCUT2D eigenvalue weighted by molar-refractivity contribution is -0.112. The molecule has 5 rings (SSSR count). The first kappa shape index (κ1) is 22.1. The Morgan fingerprint density at radius 1 is 0.914 bits per heavy atom. The Kier molecular flexibility index (Phi) is 5.82. The molecule has 2 heterocycles. The van der Waals surface area contributed by atoms with Crippen LogP contribution in [0.4, 0.5) is 5.69 Å². The van der Waals surface area contributed by atoms with E-state index in [-0.39, 0.29) is 11.8 Å². The lowest BCUT2D eigenvalue weighted by Gasteiger charge is -2.29. The third-order valence-corrected chi connectivity index (χ3v) is 5.93. The van der Waals surface area contributed by atoms with Gasteiger partial charge in [0.15, 0.2) is 0 Å². The summed E-state index contributed by atoms with van der Waals surface area (Å²) in [5.41, 5.74) is 5.32. The molecule has 1 aliphatic rings. The van der Waals surface area contributed by atoms with Crippen LogP contribution >= 0.6 is 0 Å². The molecule has 35 heavy (non-hydrogen) atoms. The maximum absolute atomic E-state index is 13.8. The van der Waals surface area contributed by atoms with E-state index in [0.717, 1.165) is 16.7 Å². The number of carbonyl (C=O) groups excluding carboxylic acids is 2. The predicted molar refractivity (Wildman–Crippen MR) is 135 cm³/mol. The number of aryl methyl sites for hydroxylation is 2. The zero-order chi connectivity index (χ0) is 24.4. The van der Waals surface area contributed by atoms with Crippen LogP contribution in [0.25, 0.3) is 22.9 Å². The van der Waals surface area contributed by atoms with Crippen LogP contribution in [-0.4, -0.2) is 21.6 Å². The van der Waals surface area contributed by atoms with Gasteiger partial charge in [-0.1, -0.05) is 60.7 Å². The number of benzene rings is 3. The smallest absolute Gasteiger partial charge is 0.265 e. The second kappa shape index (κ2) is 9.24. The highest BCUT2D eigenvalue weighted by Gasteiger charge is 2.36. The van der Waals surface area contributed by atoms with Gasteiger partial charge in [-0.05, 0) is 42.3 Å². The van der Waals surface area contributed by atoms with Crippen molar-refractivity contribution in [2.24, 2.45) is 0 Å².